The number of carbonyl (C=O) groups excluding carboxylic acids is 13. The predicted molar refractivity (Wildman–Crippen MR) is 429 cm³/mol. The molecule has 12 atom stereocenters. The van der Waals surface area contributed by atoms with Crippen molar-refractivity contribution in [2.75, 3.05) is 32.7 Å². The van der Waals surface area contributed by atoms with Crippen molar-refractivity contribution in [2.45, 2.75) is 211 Å². The summed E-state index contributed by atoms with van der Waals surface area (Å²) in [5.74, 6) is -18.0. The average Bonchev–Trinajstić information content (AvgIpc) is 0.848. The molecule has 0 fully saturated rings. The van der Waals surface area contributed by atoms with Gasteiger partial charge in [-0.3, -0.25) is 72.3 Å². The number of guanidine groups is 2. The number of carbonyl (C=O) groups is 15. The first kappa shape index (κ1) is 103. The molecule has 0 heterocycles. The highest BCUT2D eigenvalue weighted by Gasteiger charge is 2.40. The Bertz CT molecular complexity index is 3890. The number of nitrogens with zero attached hydrogens (tertiary/aromatic N) is 2. The third-order valence-electron chi connectivity index (χ3n) is 17.6. The van der Waals surface area contributed by atoms with Crippen LogP contribution in [0.15, 0.2) is 94.9 Å². The number of aliphatic imine (C=N–C) groups is 2. The number of primary amides is 1. The number of aliphatic hydroxyl groups is 1. The minimum Gasteiger partial charge on any atom is -0.508 e. The summed E-state index contributed by atoms with van der Waals surface area (Å²) in [7, 11) is 0. The fourth-order valence-corrected chi connectivity index (χ4v) is 11.3. The number of nitrogens with one attached hydrogen (secondary N) is 12. The van der Waals surface area contributed by atoms with Gasteiger partial charge in [-0.05, 0) is 124 Å². The summed E-state index contributed by atoms with van der Waals surface area (Å²) in [6, 6.07) is 6.77. The van der Waals surface area contributed by atoms with Gasteiger partial charge in [-0.25, -0.2) is 9.59 Å². The zero-order valence-electron chi connectivity index (χ0n) is 67.5. The van der Waals surface area contributed by atoms with E-state index in [9.17, 15) is 95.6 Å². The molecule has 0 spiro atoms. The van der Waals surface area contributed by atoms with Gasteiger partial charge in [0.25, 0.3) is 0 Å². The number of halogens is 3. The second-order valence-electron chi connectivity index (χ2n) is 29.0. The van der Waals surface area contributed by atoms with Gasteiger partial charge in [-0.15, -0.1) is 0 Å². The van der Waals surface area contributed by atoms with Crippen molar-refractivity contribution in [2.24, 2.45) is 67.9 Å². The molecule has 0 aliphatic carbocycles. The van der Waals surface area contributed by atoms with Gasteiger partial charge in [0, 0.05) is 32.4 Å². The lowest BCUT2D eigenvalue weighted by atomic mass is 9.98. The normalized spacial score (nSPS) is 14.1. The SMILES string of the molecule is CC(C)C[C@H](NC(=O)[C@H](Cc1ccccc1)NC(=O)CNC(=O)CNC(=O)[C@@H](N)Cc1ccc(O)cc1)C(=O)N[C@@H](CCCN=C(N)N)C(=O)N[C@@H](CCCN=C(N)N)C(=O)N[C@@H](CCC(N)=O)C(=O)N[C@@H](Cc1ccccc1)C(=O)N[C@@H](CCCCN)C(=O)N[C@H](C(=O)N[C@H](C(=O)N[C@H](C(=O)O)[C@@H](C)O)C(C)C)C(C)C.O=C(O)C(F)(F)F. The minimum atomic E-state index is -5.08. The van der Waals surface area contributed by atoms with E-state index < -0.39 is 205 Å². The summed E-state index contributed by atoms with van der Waals surface area (Å²) in [5.41, 5.74) is 41.7. The number of alkyl halides is 3. The van der Waals surface area contributed by atoms with Crippen molar-refractivity contribution >= 4 is 101 Å². The number of amides is 13. The summed E-state index contributed by atoms with van der Waals surface area (Å²) >= 11 is 0. The third-order valence-corrected chi connectivity index (χ3v) is 17.6. The third kappa shape index (κ3) is 41.4. The maximum absolute atomic E-state index is 14.9. The number of benzene rings is 3. The Morgan fingerprint density at radius 1 is 0.420 bits per heavy atom. The molecule has 0 saturated carbocycles. The number of phenols is 1. The molecule has 0 aliphatic heterocycles. The van der Waals surface area contributed by atoms with Crippen LogP contribution in [0.3, 0.4) is 0 Å². The molecule has 660 valence electrons. The van der Waals surface area contributed by atoms with Crippen LogP contribution in [-0.4, -0.2) is 233 Å². The zero-order chi connectivity index (χ0) is 89.8. The number of aromatic hydroxyl groups is 1. The summed E-state index contributed by atoms with van der Waals surface area (Å²) < 4.78 is 31.7. The number of unbranched alkanes of at least 4 members (excludes halogenated alkanes) is 1. The van der Waals surface area contributed by atoms with Gasteiger partial charge in [0.05, 0.1) is 25.2 Å². The summed E-state index contributed by atoms with van der Waals surface area (Å²) in [5, 5.41) is 67.2. The van der Waals surface area contributed by atoms with Gasteiger partial charge in [-0.2, -0.15) is 13.2 Å². The second kappa shape index (κ2) is 53.1. The van der Waals surface area contributed by atoms with Gasteiger partial charge < -0.3 is 124 Å². The molecule has 119 heavy (non-hydrogen) atoms. The molecule has 0 radical (unpaired) electrons. The van der Waals surface area contributed by atoms with Crippen molar-refractivity contribution in [3.63, 3.8) is 0 Å². The van der Waals surface area contributed by atoms with Crippen LogP contribution in [0.5, 0.6) is 5.75 Å². The Morgan fingerprint density at radius 3 is 1.18 bits per heavy atom. The lowest BCUT2D eigenvalue weighted by Gasteiger charge is -2.30. The lowest BCUT2D eigenvalue weighted by molar-refractivity contribution is -0.192. The average molecular weight is 1680 g/mol. The smallest absolute Gasteiger partial charge is 0.490 e. The summed E-state index contributed by atoms with van der Waals surface area (Å²) in [6.07, 6.45) is -7.71. The molecule has 3 rings (SSSR count). The first-order valence-electron chi connectivity index (χ1n) is 38.3. The van der Waals surface area contributed by atoms with Crippen LogP contribution in [0, 0.1) is 17.8 Å². The van der Waals surface area contributed by atoms with E-state index in [0.717, 1.165) is 6.92 Å². The van der Waals surface area contributed by atoms with Crippen LogP contribution >= 0.6 is 0 Å². The van der Waals surface area contributed by atoms with Crippen molar-refractivity contribution < 1.29 is 106 Å². The van der Waals surface area contributed by atoms with Gasteiger partial charge in [-0.1, -0.05) is 114 Å². The monoisotopic (exact) mass is 1680 g/mol. The van der Waals surface area contributed by atoms with Crippen LogP contribution < -0.4 is 104 Å². The number of carboxylic acid groups (broad SMARTS) is 2. The summed E-state index contributed by atoms with van der Waals surface area (Å²) in [6.45, 7) is 9.84. The maximum Gasteiger partial charge on any atom is 0.490 e. The lowest BCUT2D eigenvalue weighted by Crippen LogP contribution is -2.62. The predicted octanol–water partition coefficient (Wildman–Crippen LogP) is -4.21. The number of hydrogen-bond donors (Lipinski definition) is 23. The molecule has 0 aromatic heterocycles. The van der Waals surface area contributed by atoms with E-state index >= 15 is 0 Å². The summed E-state index contributed by atoms with van der Waals surface area (Å²) in [4.78, 5) is 211. The van der Waals surface area contributed by atoms with Crippen molar-refractivity contribution in [1.29, 1.82) is 0 Å². The van der Waals surface area contributed by atoms with E-state index in [1.807, 2.05) is 0 Å². The van der Waals surface area contributed by atoms with Crippen LogP contribution in [-0.2, 0) is 91.2 Å². The van der Waals surface area contributed by atoms with E-state index in [2.05, 4.69) is 73.8 Å². The maximum atomic E-state index is 14.9. The van der Waals surface area contributed by atoms with E-state index in [-0.39, 0.29) is 107 Å². The largest absolute Gasteiger partial charge is 0.508 e. The quantitative estimate of drug-likeness (QED) is 0.0145. The van der Waals surface area contributed by atoms with Gasteiger partial charge in [0.2, 0.25) is 76.8 Å². The minimum absolute atomic E-state index is 0.0000726. The van der Waals surface area contributed by atoms with Crippen LogP contribution in [0.2, 0.25) is 0 Å². The van der Waals surface area contributed by atoms with E-state index in [1.165, 1.54) is 12.1 Å². The van der Waals surface area contributed by atoms with Crippen molar-refractivity contribution in [3.05, 3.63) is 102 Å². The van der Waals surface area contributed by atoms with Gasteiger partial charge >= 0.3 is 18.1 Å². The number of hydrogen-bond acceptors (Lipinski definition) is 21. The molecule has 0 saturated heterocycles. The number of aliphatic hydroxyl groups excluding tert-OH is 1. The topological polar surface area (TPSA) is 688 Å². The molecular formula is C76H116F3N21O19. The van der Waals surface area contributed by atoms with Gasteiger partial charge in [0.15, 0.2) is 18.0 Å². The Morgan fingerprint density at radius 2 is 0.782 bits per heavy atom. The fourth-order valence-electron chi connectivity index (χ4n) is 11.3. The van der Waals surface area contributed by atoms with E-state index in [1.54, 1.807) is 114 Å². The Hall–Kier alpha value is -12.3. The number of aliphatic carboxylic acids is 2. The van der Waals surface area contributed by atoms with Crippen LogP contribution in [0.4, 0.5) is 13.2 Å². The van der Waals surface area contributed by atoms with Gasteiger partial charge in [0.1, 0.15) is 60.1 Å². The Kier molecular flexibility index (Phi) is 45.9. The first-order valence-corrected chi connectivity index (χ1v) is 38.3. The second-order valence-corrected chi connectivity index (χ2v) is 29.0. The molecule has 3 aromatic rings. The standard InChI is InChI=1S/C74H115N21O17.C2HF3O2/c1-40(2)34-53(91-68(107)54(36-44-18-10-8-11-19-44)86-58(100)39-84-57(99)38-85-62(101)48(76)35-46-25-27-47(97)28-26-46)67(106)89-51(24-17-33-83-74(80)81)63(102)87-50(23-16-32-82-73(78)79)64(103)90-52(29-30-56(77)98)65(104)92-55(37-45-20-12-9-13-21-45)69(108)88-49(22-14-15-31-75)66(105)93-59(41(3)4)70(109)94-60(42(5)6)71(110)95-61(43(7)96)72(111)112;3-2(4,5)1(6)7/h8-13,18-21,25-28,40-43,48-55,59-61,96-97H,14-17,22-24,29-39,75-76H2,1-7H3,(H2,77,98)(H,84,99)(H,85,101)(H,86,100)(H,87,102)(H,88,108)(H,89,106)(H,90,103)(H,91,107)(H,92,104)(H,93,105)(H,94,109)(H,95,110)(H,111,112)(H4,78,79,82)(H4,80,81,83);(H,6,7)/t43-,48+,49+,50+,51+,52+,53+,54+,55+,59+,60+,61+;/m1./s1. The van der Waals surface area contributed by atoms with Crippen LogP contribution in [0.25, 0.3) is 0 Å². The molecule has 3 aromatic carbocycles. The van der Waals surface area contributed by atoms with Crippen molar-refractivity contribution in [3.8, 4) is 5.75 Å². The number of rotatable bonds is 51. The molecular weight excluding hydrogens is 1570 g/mol. The fraction of sp³-hybridized carbons (Fsp3) is 0.539. The first-order chi connectivity index (χ1) is 55.8. The zero-order valence-corrected chi connectivity index (χ0v) is 67.5. The molecule has 0 bridgehead atoms. The highest BCUT2D eigenvalue weighted by atomic mass is 19.4. The Labute approximate surface area is 686 Å². The number of phenolic OH excluding ortho intramolecular Hbond substituents is 1. The van der Waals surface area contributed by atoms with E-state index in [0.29, 0.717) is 23.1 Å². The molecule has 30 N–H and O–H groups in total. The Balaban J connectivity index is 0.00000654. The number of nitrogens with two attached hydrogens (primary N) is 7. The molecule has 43 heteroatoms. The molecule has 40 nitrogen and oxygen atoms in total. The molecule has 0 unspecified atom stereocenters. The highest BCUT2D eigenvalue weighted by Crippen LogP contribution is 2.17. The van der Waals surface area contributed by atoms with Crippen LogP contribution in [0.1, 0.15) is 129 Å². The van der Waals surface area contributed by atoms with E-state index in [4.69, 9.17) is 50.0 Å². The number of carboxylic acids is 2. The molecule has 13 amide bonds. The van der Waals surface area contributed by atoms with Crippen molar-refractivity contribution in [1.82, 2.24) is 63.8 Å². The molecule has 0 aliphatic rings. The highest BCUT2D eigenvalue weighted by molar-refractivity contribution is 6.00.